The van der Waals surface area contributed by atoms with Crippen LogP contribution < -0.4 is 5.32 Å². The number of anilines is 1. The second kappa shape index (κ2) is 4.84. The third kappa shape index (κ3) is 3.18. The van der Waals surface area contributed by atoms with E-state index in [1.807, 2.05) is 31.4 Å². The monoisotopic (exact) mass is 231 g/mol. The predicted molar refractivity (Wildman–Crippen MR) is 65.9 cm³/mol. The molecule has 1 aromatic rings. The summed E-state index contributed by atoms with van der Waals surface area (Å²) in [5.74, 6) is 0. The lowest BCUT2D eigenvalue weighted by molar-refractivity contribution is 1.47. The minimum Gasteiger partial charge on any atom is -0.341 e. The van der Waals surface area contributed by atoms with Crippen molar-refractivity contribution in [1.82, 2.24) is 0 Å². The van der Waals surface area contributed by atoms with Gasteiger partial charge in [0.2, 0.25) is 0 Å². The van der Waals surface area contributed by atoms with Crippen molar-refractivity contribution in [1.29, 1.82) is 0 Å². The Morgan fingerprint density at radius 3 is 2.77 bits per heavy atom. The van der Waals surface area contributed by atoms with Crippen LogP contribution >= 0.6 is 35.6 Å². The number of benzene rings is 1. The molecule has 0 atom stereocenters. The fourth-order valence-electron chi connectivity index (χ4n) is 0.891. The molecule has 0 bridgehead atoms. The Morgan fingerprint density at radius 1 is 1.54 bits per heavy atom. The van der Waals surface area contributed by atoms with E-state index in [0.29, 0.717) is 0 Å². The molecular weight excluding hydrogens is 222 g/mol. The van der Waals surface area contributed by atoms with E-state index in [4.69, 9.17) is 23.8 Å². The van der Waals surface area contributed by atoms with E-state index in [1.165, 1.54) is 11.8 Å². The van der Waals surface area contributed by atoms with Gasteiger partial charge in [0, 0.05) is 10.7 Å². The van der Waals surface area contributed by atoms with Crippen LogP contribution in [0.3, 0.4) is 0 Å². The van der Waals surface area contributed by atoms with Crippen molar-refractivity contribution in [3.63, 3.8) is 0 Å². The van der Waals surface area contributed by atoms with Crippen LogP contribution in [-0.4, -0.2) is 10.6 Å². The summed E-state index contributed by atoms with van der Waals surface area (Å²) in [4.78, 5) is 0. The average molecular weight is 232 g/mol. The van der Waals surface area contributed by atoms with Gasteiger partial charge in [-0.1, -0.05) is 23.8 Å². The zero-order valence-corrected chi connectivity index (χ0v) is 9.82. The molecule has 0 saturated heterocycles. The third-order valence-corrected chi connectivity index (χ3v) is 3.09. The van der Waals surface area contributed by atoms with Crippen molar-refractivity contribution in [3.8, 4) is 0 Å². The van der Waals surface area contributed by atoms with Crippen molar-refractivity contribution in [2.24, 2.45) is 0 Å². The van der Waals surface area contributed by atoms with Crippen LogP contribution in [0.25, 0.3) is 0 Å². The Kier molecular flexibility index (Phi) is 4.03. The first kappa shape index (κ1) is 10.8. The van der Waals surface area contributed by atoms with E-state index in [9.17, 15) is 0 Å². The van der Waals surface area contributed by atoms with E-state index in [2.05, 4.69) is 5.32 Å². The quantitative estimate of drug-likeness (QED) is 0.741. The molecule has 0 fully saturated rings. The van der Waals surface area contributed by atoms with Crippen LogP contribution in [-0.2, 0) is 0 Å². The van der Waals surface area contributed by atoms with Crippen molar-refractivity contribution >= 4 is 45.6 Å². The number of thiocarbonyl (C=S) groups is 1. The lowest BCUT2D eigenvalue weighted by atomic mass is 10.2. The number of hydrogen-bond acceptors (Lipinski definition) is 2. The van der Waals surface area contributed by atoms with Gasteiger partial charge in [-0.2, -0.15) is 0 Å². The smallest absolute Gasteiger partial charge is 0.137 e. The molecule has 0 spiro atoms. The summed E-state index contributed by atoms with van der Waals surface area (Å²) < 4.78 is 0.765. The molecule has 70 valence electrons. The van der Waals surface area contributed by atoms with Crippen LogP contribution in [0.2, 0.25) is 5.02 Å². The Balaban J connectivity index is 2.79. The highest BCUT2D eigenvalue weighted by Crippen LogP contribution is 2.20. The van der Waals surface area contributed by atoms with Crippen molar-refractivity contribution in [2.75, 3.05) is 11.6 Å². The summed E-state index contributed by atoms with van der Waals surface area (Å²) in [5.41, 5.74) is 2.04. The molecular formula is C9H10ClNS2. The predicted octanol–water partition coefficient (Wildman–Crippen LogP) is 3.71. The number of nitrogens with one attached hydrogen (secondary N) is 1. The number of aryl methyl sites for hydroxylation is 1. The number of hydrogen-bond donors (Lipinski definition) is 1. The Morgan fingerprint density at radius 2 is 2.23 bits per heavy atom. The molecule has 1 nitrogen and oxygen atoms in total. The van der Waals surface area contributed by atoms with Gasteiger partial charge in [-0.05, 0) is 36.9 Å². The molecule has 1 aromatic carbocycles. The molecule has 0 amide bonds. The normalized spacial score (nSPS) is 9.77. The number of rotatable bonds is 1. The molecule has 1 rings (SSSR count). The molecule has 13 heavy (non-hydrogen) atoms. The molecule has 1 N–H and O–H groups in total. The highest BCUT2D eigenvalue weighted by atomic mass is 35.5. The SMILES string of the molecule is CSC(=S)Nc1ccc(Cl)c(C)c1. The van der Waals surface area contributed by atoms with Gasteiger partial charge in [0.15, 0.2) is 0 Å². The first-order valence-electron chi connectivity index (χ1n) is 3.74. The van der Waals surface area contributed by atoms with Gasteiger partial charge < -0.3 is 5.32 Å². The topological polar surface area (TPSA) is 12.0 Å². The van der Waals surface area contributed by atoms with E-state index >= 15 is 0 Å². The Labute approximate surface area is 92.9 Å². The van der Waals surface area contributed by atoms with Crippen molar-refractivity contribution in [3.05, 3.63) is 28.8 Å². The van der Waals surface area contributed by atoms with E-state index in [-0.39, 0.29) is 0 Å². The summed E-state index contributed by atoms with van der Waals surface area (Å²) in [6.07, 6.45) is 1.94. The molecule has 4 heteroatoms. The minimum absolute atomic E-state index is 0.765. The van der Waals surface area contributed by atoms with Gasteiger partial charge in [0.1, 0.15) is 4.32 Å². The highest BCUT2D eigenvalue weighted by molar-refractivity contribution is 8.22. The van der Waals surface area contributed by atoms with Crippen LogP contribution in [0.5, 0.6) is 0 Å². The summed E-state index contributed by atoms with van der Waals surface area (Å²) in [6, 6.07) is 5.75. The Bertz CT molecular complexity index is 325. The zero-order valence-electron chi connectivity index (χ0n) is 7.43. The standard InChI is InChI=1S/C9H10ClNS2/c1-6-5-7(3-4-8(6)10)11-9(12)13-2/h3-5H,1-2H3,(H,11,12). The van der Waals surface area contributed by atoms with Crippen LogP contribution in [0.4, 0.5) is 5.69 Å². The highest BCUT2D eigenvalue weighted by Gasteiger charge is 1.98. The van der Waals surface area contributed by atoms with Gasteiger partial charge in [0.25, 0.3) is 0 Å². The number of thioether (sulfide) groups is 1. The summed E-state index contributed by atoms with van der Waals surface area (Å²) in [7, 11) is 0. The van der Waals surface area contributed by atoms with Gasteiger partial charge in [-0.25, -0.2) is 0 Å². The van der Waals surface area contributed by atoms with E-state index in [0.717, 1.165) is 20.6 Å². The minimum atomic E-state index is 0.765. The van der Waals surface area contributed by atoms with Crippen LogP contribution in [0.15, 0.2) is 18.2 Å². The maximum absolute atomic E-state index is 5.89. The average Bonchev–Trinajstić information content (AvgIpc) is 2.11. The van der Waals surface area contributed by atoms with Gasteiger partial charge in [-0.15, -0.1) is 11.8 Å². The first-order valence-corrected chi connectivity index (χ1v) is 5.75. The van der Waals surface area contributed by atoms with Gasteiger partial charge in [-0.3, -0.25) is 0 Å². The van der Waals surface area contributed by atoms with E-state index in [1.54, 1.807) is 0 Å². The molecule has 0 aliphatic heterocycles. The molecule has 0 aromatic heterocycles. The summed E-state index contributed by atoms with van der Waals surface area (Å²) in [5, 5.41) is 3.87. The van der Waals surface area contributed by atoms with Crippen LogP contribution in [0, 0.1) is 6.92 Å². The van der Waals surface area contributed by atoms with Gasteiger partial charge >= 0.3 is 0 Å². The molecule has 0 heterocycles. The fraction of sp³-hybridized carbons (Fsp3) is 0.222. The first-order chi connectivity index (χ1) is 6.13. The second-order valence-corrected chi connectivity index (χ2v) is 4.47. The third-order valence-electron chi connectivity index (χ3n) is 1.59. The largest absolute Gasteiger partial charge is 0.341 e. The molecule has 0 radical (unpaired) electrons. The van der Waals surface area contributed by atoms with Crippen molar-refractivity contribution < 1.29 is 0 Å². The lowest BCUT2D eigenvalue weighted by Gasteiger charge is -2.06. The molecule has 0 aliphatic carbocycles. The maximum atomic E-state index is 5.89. The second-order valence-electron chi connectivity index (χ2n) is 2.58. The lowest BCUT2D eigenvalue weighted by Crippen LogP contribution is -2.03. The molecule has 0 aliphatic rings. The maximum Gasteiger partial charge on any atom is 0.137 e. The zero-order chi connectivity index (χ0) is 9.84. The summed E-state index contributed by atoms with van der Waals surface area (Å²) >= 11 is 12.4. The number of halogens is 1. The van der Waals surface area contributed by atoms with Gasteiger partial charge in [0.05, 0.1) is 0 Å². The van der Waals surface area contributed by atoms with Crippen LogP contribution in [0.1, 0.15) is 5.56 Å². The summed E-state index contributed by atoms with van der Waals surface area (Å²) in [6.45, 7) is 1.97. The Hall–Kier alpha value is -0.250. The fourth-order valence-corrected chi connectivity index (χ4v) is 1.35. The molecule has 0 saturated carbocycles. The van der Waals surface area contributed by atoms with E-state index < -0.39 is 0 Å². The molecule has 0 unspecified atom stereocenters. The van der Waals surface area contributed by atoms with Crippen molar-refractivity contribution in [2.45, 2.75) is 6.92 Å².